The highest BCUT2D eigenvalue weighted by molar-refractivity contribution is 5.98. The molecule has 6 N–H and O–H groups in total. The molecule has 3 amide bonds. The Morgan fingerprint density at radius 2 is 1.81 bits per heavy atom. The summed E-state index contributed by atoms with van der Waals surface area (Å²) < 4.78 is 5.85. The summed E-state index contributed by atoms with van der Waals surface area (Å²) in [6, 6.07) is 12.9. The Hall–Kier alpha value is -3.81. The van der Waals surface area contributed by atoms with Gasteiger partial charge in [0.25, 0.3) is 5.91 Å². The fourth-order valence-corrected chi connectivity index (χ4v) is 2.42. The van der Waals surface area contributed by atoms with Crippen molar-refractivity contribution in [1.82, 2.24) is 10.3 Å². The molecule has 0 spiro atoms. The third-order valence-corrected chi connectivity index (χ3v) is 3.62. The molecule has 0 saturated carbocycles. The fourth-order valence-electron chi connectivity index (χ4n) is 2.42. The first-order chi connectivity index (χ1) is 12.5. The van der Waals surface area contributed by atoms with Gasteiger partial charge < -0.3 is 26.8 Å². The van der Waals surface area contributed by atoms with Gasteiger partial charge in [-0.15, -0.1) is 0 Å². The van der Waals surface area contributed by atoms with E-state index in [0.29, 0.717) is 22.5 Å². The lowest BCUT2D eigenvalue weighted by Crippen LogP contribution is -2.19. The molecule has 8 nitrogen and oxygen atoms in total. The minimum atomic E-state index is -0.653. The summed E-state index contributed by atoms with van der Waals surface area (Å²) in [6.45, 7) is 0. The number of nitrogen functional groups attached to an aromatic ring is 1. The molecule has 0 atom stereocenters. The number of nitrogens with one attached hydrogen (secondary N) is 2. The molecule has 0 bridgehead atoms. The predicted molar refractivity (Wildman–Crippen MR) is 99.3 cm³/mol. The van der Waals surface area contributed by atoms with E-state index >= 15 is 0 Å². The van der Waals surface area contributed by atoms with Crippen LogP contribution in [0.15, 0.2) is 48.5 Å². The third kappa shape index (κ3) is 3.64. The zero-order valence-corrected chi connectivity index (χ0v) is 13.9. The van der Waals surface area contributed by atoms with Gasteiger partial charge in [-0.05, 0) is 47.9 Å². The molecule has 0 saturated heterocycles. The van der Waals surface area contributed by atoms with Crippen molar-refractivity contribution in [3.05, 3.63) is 54.2 Å². The Kier molecular flexibility index (Phi) is 4.57. The Labute approximate surface area is 149 Å². The second-order valence-corrected chi connectivity index (χ2v) is 5.49. The normalized spacial score (nSPS) is 10.3. The van der Waals surface area contributed by atoms with Crippen LogP contribution in [0.25, 0.3) is 10.8 Å². The Morgan fingerprint density at radius 3 is 2.46 bits per heavy atom. The van der Waals surface area contributed by atoms with Gasteiger partial charge >= 0.3 is 6.03 Å². The van der Waals surface area contributed by atoms with Crippen molar-refractivity contribution >= 4 is 34.1 Å². The molecular weight excluding hydrogens is 334 g/mol. The van der Waals surface area contributed by atoms with E-state index in [9.17, 15) is 9.59 Å². The number of carbonyl (C=O) groups is 2. The van der Waals surface area contributed by atoms with Crippen LogP contribution in [0, 0.1) is 0 Å². The number of amides is 3. The number of primary amides is 1. The number of hydrogen-bond acceptors (Lipinski definition) is 5. The van der Waals surface area contributed by atoms with Crippen LogP contribution >= 0.6 is 0 Å². The number of urea groups is 1. The van der Waals surface area contributed by atoms with E-state index in [-0.39, 0.29) is 17.5 Å². The molecule has 3 aromatic rings. The first kappa shape index (κ1) is 17.0. The zero-order valence-electron chi connectivity index (χ0n) is 13.9. The van der Waals surface area contributed by atoms with Crippen LogP contribution in [-0.4, -0.2) is 24.0 Å². The highest BCUT2D eigenvalue weighted by Crippen LogP contribution is 2.31. The Bertz CT molecular complexity index is 986. The summed E-state index contributed by atoms with van der Waals surface area (Å²) in [5, 5.41) is 6.45. The van der Waals surface area contributed by atoms with E-state index < -0.39 is 6.03 Å². The molecule has 0 aliphatic carbocycles. The van der Waals surface area contributed by atoms with E-state index in [1.165, 1.54) is 7.05 Å². The monoisotopic (exact) mass is 351 g/mol. The van der Waals surface area contributed by atoms with Crippen LogP contribution in [0.5, 0.6) is 11.6 Å². The second kappa shape index (κ2) is 6.98. The topological polar surface area (TPSA) is 132 Å². The van der Waals surface area contributed by atoms with Crippen molar-refractivity contribution in [3.8, 4) is 11.6 Å². The van der Waals surface area contributed by atoms with Crippen molar-refractivity contribution in [1.29, 1.82) is 0 Å². The number of hydrogen-bond donors (Lipinski definition) is 4. The van der Waals surface area contributed by atoms with Gasteiger partial charge in [-0.1, -0.05) is 6.07 Å². The van der Waals surface area contributed by atoms with Gasteiger partial charge in [-0.25, -0.2) is 9.78 Å². The van der Waals surface area contributed by atoms with E-state index in [2.05, 4.69) is 15.6 Å². The Balaban J connectivity index is 2.01. The van der Waals surface area contributed by atoms with E-state index in [1.807, 2.05) is 0 Å². The number of nitrogens with two attached hydrogens (primary N) is 2. The molecule has 0 radical (unpaired) electrons. The molecular formula is C18H17N5O3. The molecule has 8 heteroatoms. The molecule has 0 unspecified atom stereocenters. The fraction of sp³-hybridized carbons (Fsp3) is 0.0556. The van der Waals surface area contributed by atoms with Gasteiger partial charge in [-0.3, -0.25) is 4.79 Å². The van der Waals surface area contributed by atoms with Gasteiger partial charge in [0.15, 0.2) is 0 Å². The van der Waals surface area contributed by atoms with Crippen molar-refractivity contribution in [2.24, 2.45) is 5.73 Å². The van der Waals surface area contributed by atoms with Crippen LogP contribution in [-0.2, 0) is 0 Å². The van der Waals surface area contributed by atoms with Crippen molar-refractivity contribution in [2.45, 2.75) is 0 Å². The predicted octanol–water partition coefficient (Wildman–Crippen LogP) is 2.46. The summed E-state index contributed by atoms with van der Waals surface area (Å²) in [6.07, 6.45) is 0. The number of benzene rings is 2. The molecule has 0 aliphatic rings. The van der Waals surface area contributed by atoms with E-state index in [1.54, 1.807) is 48.5 Å². The van der Waals surface area contributed by atoms with Crippen molar-refractivity contribution in [3.63, 3.8) is 0 Å². The summed E-state index contributed by atoms with van der Waals surface area (Å²) in [5.74, 6) is 0.406. The van der Waals surface area contributed by atoms with Crippen LogP contribution in [0.3, 0.4) is 0 Å². The summed E-state index contributed by atoms with van der Waals surface area (Å²) in [4.78, 5) is 27.1. The number of pyridine rings is 1. The number of ether oxygens (including phenoxy) is 1. The molecule has 132 valence electrons. The first-order valence-electron chi connectivity index (χ1n) is 7.73. The first-order valence-corrected chi connectivity index (χ1v) is 7.73. The molecule has 1 aromatic heterocycles. The largest absolute Gasteiger partial charge is 0.438 e. The second-order valence-electron chi connectivity index (χ2n) is 5.49. The number of aromatic nitrogens is 1. The molecule has 1 heterocycles. The number of fused-ring (bicyclic) bond motifs is 1. The highest BCUT2D eigenvalue weighted by Gasteiger charge is 2.13. The van der Waals surface area contributed by atoms with Crippen LogP contribution < -0.4 is 26.8 Å². The maximum atomic E-state index is 12.0. The van der Waals surface area contributed by atoms with E-state index in [4.69, 9.17) is 16.2 Å². The minimum absolute atomic E-state index is 0.229. The van der Waals surface area contributed by atoms with E-state index in [0.717, 1.165) is 5.39 Å². The molecule has 26 heavy (non-hydrogen) atoms. The quantitative estimate of drug-likeness (QED) is 0.536. The highest BCUT2D eigenvalue weighted by atomic mass is 16.5. The van der Waals surface area contributed by atoms with Gasteiger partial charge in [0.2, 0.25) is 5.88 Å². The lowest BCUT2D eigenvalue weighted by atomic mass is 10.1. The van der Waals surface area contributed by atoms with Crippen molar-refractivity contribution < 1.29 is 14.3 Å². The van der Waals surface area contributed by atoms with Gasteiger partial charge in [0.1, 0.15) is 11.4 Å². The molecule has 0 fully saturated rings. The number of nitrogens with zero attached hydrogens (tertiary/aromatic N) is 1. The minimum Gasteiger partial charge on any atom is -0.438 e. The van der Waals surface area contributed by atoms with Gasteiger partial charge in [0.05, 0.1) is 0 Å². The maximum absolute atomic E-state index is 12.0. The molecule has 2 aromatic carbocycles. The maximum Gasteiger partial charge on any atom is 0.316 e. The van der Waals surface area contributed by atoms with Crippen LogP contribution in [0.2, 0.25) is 0 Å². The SMILES string of the molecule is CNC(=O)c1cc2ccc(N)cc2c(Oc2ccc(NC(N)=O)cc2)n1. The zero-order chi connectivity index (χ0) is 18.7. The number of carbonyl (C=O) groups excluding carboxylic acids is 2. The average molecular weight is 351 g/mol. The van der Waals surface area contributed by atoms with Gasteiger partial charge in [0, 0.05) is 23.8 Å². The average Bonchev–Trinajstić information content (AvgIpc) is 2.62. The molecule has 3 rings (SSSR count). The third-order valence-electron chi connectivity index (χ3n) is 3.62. The van der Waals surface area contributed by atoms with Crippen LogP contribution in [0.1, 0.15) is 10.5 Å². The van der Waals surface area contributed by atoms with Gasteiger partial charge in [-0.2, -0.15) is 0 Å². The van der Waals surface area contributed by atoms with Crippen LogP contribution in [0.4, 0.5) is 16.2 Å². The summed E-state index contributed by atoms with van der Waals surface area (Å²) >= 11 is 0. The molecule has 0 aliphatic heterocycles. The number of rotatable bonds is 4. The smallest absolute Gasteiger partial charge is 0.316 e. The lowest BCUT2D eigenvalue weighted by molar-refractivity contribution is 0.0957. The number of anilines is 2. The van der Waals surface area contributed by atoms with Crippen molar-refractivity contribution in [2.75, 3.05) is 18.1 Å². The Morgan fingerprint density at radius 1 is 1.08 bits per heavy atom. The lowest BCUT2D eigenvalue weighted by Gasteiger charge is -2.11. The summed E-state index contributed by atoms with van der Waals surface area (Å²) in [5.41, 5.74) is 12.3. The summed E-state index contributed by atoms with van der Waals surface area (Å²) in [7, 11) is 1.53. The standard InChI is InChI=1S/C18H17N5O3/c1-21-16(24)15-8-10-2-3-11(19)9-14(10)17(23-15)26-13-6-4-12(5-7-13)22-18(20)25/h2-9H,19H2,1H3,(H,21,24)(H3,20,22,25).